The van der Waals surface area contributed by atoms with Gasteiger partial charge in [-0.2, -0.15) is 0 Å². The molecule has 114 valence electrons. The third-order valence-electron chi connectivity index (χ3n) is 3.67. The molecule has 1 fully saturated rings. The van der Waals surface area contributed by atoms with Gasteiger partial charge in [-0.05, 0) is 18.9 Å². The van der Waals surface area contributed by atoms with E-state index in [2.05, 4.69) is 5.43 Å². The molecule has 1 aliphatic heterocycles. The van der Waals surface area contributed by atoms with Crippen LogP contribution in [0.15, 0.2) is 18.2 Å². The average Bonchev–Trinajstić information content (AvgIpc) is 2.53. The monoisotopic (exact) mass is 294 g/mol. The maximum absolute atomic E-state index is 12.6. The van der Waals surface area contributed by atoms with Crippen LogP contribution in [-0.2, 0) is 4.74 Å². The number of carbonyl (C=O) groups is 1. The number of nitrogens with two attached hydrogens (primary N) is 1. The van der Waals surface area contributed by atoms with E-state index in [4.69, 9.17) is 10.6 Å². The smallest absolute Gasteiger partial charge is 0.294 e. The van der Waals surface area contributed by atoms with Gasteiger partial charge in [0.15, 0.2) is 0 Å². The van der Waals surface area contributed by atoms with E-state index >= 15 is 0 Å². The van der Waals surface area contributed by atoms with Crippen molar-refractivity contribution < 1.29 is 14.5 Å². The highest BCUT2D eigenvalue weighted by Crippen LogP contribution is 2.29. The summed E-state index contributed by atoms with van der Waals surface area (Å²) in [4.78, 5) is 24.6. The van der Waals surface area contributed by atoms with Gasteiger partial charge in [-0.1, -0.05) is 6.07 Å². The molecule has 0 radical (unpaired) electrons. The fourth-order valence-electron chi connectivity index (χ4n) is 2.45. The lowest BCUT2D eigenvalue weighted by Crippen LogP contribution is -2.41. The Morgan fingerprint density at radius 3 is 2.71 bits per heavy atom. The first-order valence-electron chi connectivity index (χ1n) is 6.65. The highest BCUT2D eigenvalue weighted by Gasteiger charge is 2.27. The molecule has 0 atom stereocenters. The normalized spacial score (nSPS) is 15.5. The molecular formula is C13H18N4O4. The van der Waals surface area contributed by atoms with Gasteiger partial charge in [0.2, 0.25) is 0 Å². The molecule has 0 bridgehead atoms. The fraction of sp³-hybridized carbons (Fsp3) is 0.462. The molecular weight excluding hydrogens is 276 g/mol. The minimum absolute atomic E-state index is 0.0337. The highest BCUT2D eigenvalue weighted by molar-refractivity contribution is 6.01. The number of carbonyl (C=O) groups excluding carboxylic acids is 1. The third kappa shape index (κ3) is 3.11. The molecule has 1 aromatic carbocycles. The summed E-state index contributed by atoms with van der Waals surface area (Å²) in [5, 5.41) is 11.0. The molecule has 21 heavy (non-hydrogen) atoms. The van der Waals surface area contributed by atoms with E-state index < -0.39 is 4.92 Å². The Labute approximate surface area is 122 Å². The zero-order valence-corrected chi connectivity index (χ0v) is 11.7. The molecule has 1 amide bonds. The fourth-order valence-corrected chi connectivity index (χ4v) is 2.45. The summed E-state index contributed by atoms with van der Waals surface area (Å²) in [6.07, 6.45) is 1.51. The number of benzene rings is 1. The quantitative estimate of drug-likeness (QED) is 0.489. The van der Waals surface area contributed by atoms with Crippen LogP contribution in [0.2, 0.25) is 0 Å². The van der Waals surface area contributed by atoms with Crippen molar-refractivity contribution in [3.63, 3.8) is 0 Å². The Kier molecular flexibility index (Phi) is 4.71. The Morgan fingerprint density at radius 1 is 1.48 bits per heavy atom. The van der Waals surface area contributed by atoms with Crippen LogP contribution in [0.1, 0.15) is 23.2 Å². The number of rotatable bonds is 4. The molecule has 0 saturated carbocycles. The second-order valence-electron chi connectivity index (χ2n) is 4.86. The van der Waals surface area contributed by atoms with E-state index in [1.54, 1.807) is 11.9 Å². The molecule has 3 N–H and O–H groups in total. The maximum atomic E-state index is 12.6. The molecule has 1 heterocycles. The lowest BCUT2D eigenvalue weighted by molar-refractivity contribution is -0.384. The molecule has 1 aromatic rings. The number of amides is 1. The number of nitrogen functional groups attached to an aromatic ring is 1. The Hall–Kier alpha value is -2.19. The number of hydrazine groups is 1. The van der Waals surface area contributed by atoms with Crippen molar-refractivity contribution in [3.8, 4) is 0 Å². The first kappa shape index (κ1) is 15.2. The third-order valence-corrected chi connectivity index (χ3v) is 3.67. The van der Waals surface area contributed by atoms with Crippen LogP contribution in [0.4, 0.5) is 11.4 Å². The summed E-state index contributed by atoms with van der Waals surface area (Å²) >= 11 is 0. The van der Waals surface area contributed by atoms with Crippen molar-refractivity contribution in [2.75, 3.05) is 25.7 Å². The summed E-state index contributed by atoms with van der Waals surface area (Å²) in [5.41, 5.74) is 2.28. The van der Waals surface area contributed by atoms with Crippen LogP contribution in [-0.4, -0.2) is 42.0 Å². The first-order valence-corrected chi connectivity index (χ1v) is 6.65. The SMILES string of the molecule is CN(C(=O)c1cccc([N+](=O)[O-])c1NN)C1CCOCC1. The van der Waals surface area contributed by atoms with Gasteiger partial charge in [-0.15, -0.1) is 0 Å². The highest BCUT2D eigenvalue weighted by atomic mass is 16.6. The van der Waals surface area contributed by atoms with E-state index in [0.29, 0.717) is 13.2 Å². The van der Waals surface area contributed by atoms with Gasteiger partial charge in [0.25, 0.3) is 11.6 Å². The Balaban J connectivity index is 2.29. The number of nitrogens with one attached hydrogen (secondary N) is 1. The van der Waals surface area contributed by atoms with Crippen molar-refractivity contribution >= 4 is 17.3 Å². The van der Waals surface area contributed by atoms with E-state index in [9.17, 15) is 14.9 Å². The van der Waals surface area contributed by atoms with Crippen molar-refractivity contribution in [2.24, 2.45) is 5.84 Å². The second kappa shape index (κ2) is 6.51. The van der Waals surface area contributed by atoms with Gasteiger partial charge in [0.1, 0.15) is 5.69 Å². The number of hydrogen-bond acceptors (Lipinski definition) is 6. The predicted molar refractivity (Wildman–Crippen MR) is 76.8 cm³/mol. The number of nitrogens with zero attached hydrogens (tertiary/aromatic N) is 2. The molecule has 8 nitrogen and oxygen atoms in total. The number of ether oxygens (including phenoxy) is 1. The minimum atomic E-state index is -0.569. The van der Waals surface area contributed by atoms with Gasteiger partial charge >= 0.3 is 0 Å². The number of anilines is 1. The van der Waals surface area contributed by atoms with Gasteiger partial charge in [-0.25, -0.2) is 0 Å². The lowest BCUT2D eigenvalue weighted by Gasteiger charge is -2.31. The molecule has 8 heteroatoms. The Morgan fingerprint density at radius 2 is 2.14 bits per heavy atom. The first-order chi connectivity index (χ1) is 10.1. The summed E-state index contributed by atoms with van der Waals surface area (Å²) in [7, 11) is 1.69. The topological polar surface area (TPSA) is 111 Å². The van der Waals surface area contributed by atoms with Crippen LogP contribution in [0, 0.1) is 10.1 Å². The van der Waals surface area contributed by atoms with Gasteiger partial charge in [0.05, 0.1) is 10.5 Å². The van der Waals surface area contributed by atoms with Crippen molar-refractivity contribution in [1.82, 2.24) is 4.90 Å². The molecule has 0 aromatic heterocycles. The molecule has 0 aliphatic carbocycles. The van der Waals surface area contributed by atoms with Crippen LogP contribution >= 0.6 is 0 Å². The number of nitro groups is 1. The van der Waals surface area contributed by atoms with Crippen LogP contribution in [0.5, 0.6) is 0 Å². The zero-order valence-electron chi connectivity index (χ0n) is 11.7. The van der Waals surface area contributed by atoms with Crippen LogP contribution < -0.4 is 11.3 Å². The van der Waals surface area contributed by atoms with Crippen molar-refractivity contribution in [3.05, 3.63) is 33.9 Å². The van der Waals surface area contributed by atoms with Gasteiger partial charge in [0, 0.05) is 32.4 Å². The summed E-state index contributed by atoms with van der Waals surface area (Å²) in [5.74, 6) is 5.07. The molecule has 1 saturated heterocycles. The molecule has 0 spiro atoms. The molecule has 2 rings (SSSR count). The Bertz CT molecular complexity index is 543. The van der Waals surface area contributed by atoms with E-state index in [0.717, 1.165) is 12.8 Å². The van der Waals surface area contributed by atoms with Crippen LogP contribution in [0.3, 0.4) is 0 Å². The second-order valence-corrected chi connectivity index (χ2v) is 4.86. The largest absolute Gasteiger partial charge is 0.381 e. The predicted octanol–water partition coefficient (Wildman–Crippen LogP) is 1.13. The number of para-hydroxylation sites is 1. The number of hydrogen-bond donors (Lipinski definition) is 2. The van der Waals surface area contributed by atoms with Crippen molar-refractivity contribution in [2.45, 2.75) is 18.9 Å². The van der Waals surface area contributed by atoms with Crippen molar-refractivity contribution in [1.29, 1.82) is 0 Å². The maximum Gasteiger partial charge on any atom is 0.294 e. The standard InChI is InChI=1S/C13H18N4O4/c1-16(9-5-7-21-8-6-9)13(18)10-3-2-4-11(17(19)20)12(10)15-14/h2-4,9,15H,5-8,14H2,1H3. The van der Waals surface area contributed by atoms with E-state index in [1.165, 1.54) is 18.2 Å². The molecule has 1 aliphatic rings. The molecule has 0 unspecified atom stereocenters. The van der Waals surface area contributed by atoms with Gasteiger partial charge < -0.3 is 15.1 Å². The van der Waals surface area contributed by atoms with Crippen LogP contribution in [0.25, 0.3) is 0 Å². The average molecular weight is 294 g/mol. The lowest BCUT2D eigenvalue weighted by atomic mass is 10.0. The summed E-state index contributed by atoms with van der Waals surface area (Å²) < 4.78 is 5.27. The van der Waals surface area contributed by atoms with Gasteiger partial charge in [-0.3, -0.25) is 20.8 Å². The zero-order chi connectivity index (χ0) is 15.4. The van der Waals surface area contributed by atoms with E-state index in [1.807, 2.05) is 0 Å². The minimum Gasteiger partial charge on any atom is -0.381 e. The summed E-state index contributed by atoms with van der Waals surface area (Å²) in [6, 6.07) is 4.38. The van der Waals surface area contributed by atoms with E-state index in [-0.39, 0.29) is 28.9 Å². The summed E-state index contributed by atoms with van der Waals surface area (Å²) in [6.45, 7) is 1.22. The number of nitro benzene ring substituents is 1.